The number of ether oxygens (including phenoxy) is 1. The summed E-state index contributed by atoms with van der Waals surface area (Å²) in [5.74, 6) is -0.698. The van der Waals surface area contributed by atoms with Gasteiger partial charge in [-0.2, -0.15) is 0 Å². The van der Waals surface area contributed by atoms with Gasteiger partial charge in [-0.15, -0.1) is 0 Å². The number of halogens is 3. The van der Waals surface area contributed by atoms with E-state index in [1.807, 2.05) is 22.6 Å². The van der Waals surface area contributed by atoms with Crippen LogP contribution in [0, 0.1) is 3.57 Å². The van der Waals surface area contributed by atoms with Crippen molar-refractivity contribution >= 4 is 86.5 Å². The summed E-state index contributed by atoms with van der Waals surface area (Å²) in [6.07, 6.45) is -0.201. The molecule has 0 heterocycles. The molecule has 164 valence electrons. The largest absolute Gasteiger partial charge is 0.496 e. The molecule has 31 heavy (non-hydrogen) atoms. The third kappa shape index (κ3) is 8.13. The minimum absolute atomic E-state index is 0.0874. The molecule has 0 bridgehead atoms. The Morgan fingerprint density at radius 2 is 1.74 bits per heavy atom. The van der Waals surface area contributed by atoms with Gasteiger partial charge in [0.25, 0.3) is 5.91 Å². The van der Waals surface area contributed by atoms with Gasteiger partial charge in [-0.3, -0.25) is 30.6 Å². The molecule has 2 aromatic rings. The van der Waals surface area contributed by atoms with Gasteiger partial charge in [0, 0.05) is 23.4 Å². The van der Waals surface area contributed by atoms with E-state index < -0.39 is 17.7 Å². The second kappa shape index (κ2) is 12.0. The van der Waals surface area contributed by atoms with Crippen LogP contribution >= 0.6 is 58.0 Å². The Bertz CT molecular complexity index is 1020. The van der Waals surface area contributed by atoms with Crippen LogP contribution in [0.5, 0.6) is 5.75 Å². The van der Waals surface area contributed by atoms with Crippen molar-refractivity contribution in [3.63, 3.8) is 0 Å². The zero-order valence-corrected chi connectivity index (χ0v) is 20.5. The molecule has 3 amide bonds. The number of carbonyl (C=O) groups excluding carboxylic acids is 3. The van der Waals surface area contributed by atoms with Crippen molar-refractivity contribution in [2.24, 2.45) is 0 Å². The first-order valence-electron chi connectivity index (χ1n) is 8.68. The lowest BCUT2D eigenvalue weighted by Gasteiger charge is -2.12. The molecule has 0 saturated carbocycles. The first-order chi connectivity index (χ1) is 14.7. The van der Waals surface area contributed by atoms with E-state index >= 15 is 0 Å². The number of nitrogens with one attached hydrogen (secondary N) is 4. The fraction of sp³-hybridized carbons (Fsp3) is 0.158. The van der Waals surface area contributed by atoms with E-state index in [1.165, 1.54) is 13.2 Å². The quantitative estimate of drug-likeness (QED) is 0.231. The predicted molar refractivity (Wildman–Crippen MR) is 131 cm³/mol. The second-order valence-electron chi connectivity index (χ2n) is 5.98. The molecular formula is C19H17Cl2IN4O4S. The number of benzene rings is 2. The highest BCUT2D eigenvalue weighted by atomic mass is 127. The molecule has 0 spiro atoms. The van der Waals surface area contributed by atoms with Gasteiger partial charge < -0.3 is 10.1 Å². The summed E-state index contributed by atoms with van der Waals surface area (Å²) in [6, 6.07) is 9.54. The minimum Gasteiger partial charge on any atom is -0.496 e. The molecule has 0 aliphatic rings. The van der Waals surface area contributed by atoms with Crippen molar-refractivity contribution in [3.8, 4) is 5.75 Å². The summed E-state index contributed by atoms with van der Waals surface area (Å²) in [6.45, 7) is 0. The van der Waals surface area contributed by atoms with Crippen LogP contribution in [0.1, 0.15) is 23.2 Å². The highest BCUT2D eigenvalue weighted by Gasteiger charge is 2.12. The third-order valence-electron chi connectivity index (χ3n) is 3.74. The Morgan fingerprint density at radius 1 is 1.03 bits per heavy atom. The van der Waals surface area contributed by atoms with Gasteiger partial charge in [-0.25, -0.2) is 0 Å². The summed E-state index contributed by atoms with van der Waals surface area (Å²) in [5, 5.41) is 5.67. The minimum atomic E-state index is -0.493. The van der Waals surface area contributed by atoms with E-state index in [-0.39, 0.29) is 18.0 Å². The number of rotatable bonds is 6. The van der Waals surface area contributed by atoms with Crippen molar-refractivity contribution < 1.29 is 19.1 Å². The molecule has 8 nitrogen and oxygen atoms in total. The Labute approximate surface area is 207 Å². The maximum atomic E-state index is 12.2. The summed E-state index contributed by atoms with van der Waals surface area (Å²) >= 11 is 18.8. The summed E-state index contributed by atoms with van der Waals surface area (Å²) in [7, 11) is 1.54. The number of hydrogen-bond donors (Lipinski definition) is 4. The maximum absolute atomic E-state index is 12.2. The van der Waals surface area contributed by atoms with Gasteiger partial charge in [0.1, 0.15) is 5.75 Å². The molecule has 0 atom stereocenters. The van der Waals surface area contributed by atoms with Crippen LogP contribution in [0.15, 0.2) is 36.4 Å². The average Bonchev–Trinajstić information content (AvgIpc) is 2.72. The Hall–Kier alpha value is -2.15. The van der Waals surface area contributed by atoms with Gasteiger partial charge >= 0.3 is 0 Å². The molecule has 4 N–H and O–H groups in total. The molecule has 12 heteroatoms. The molecule has 0 radical (unpaired) electrons. The monoisotopic (exact) mass is 594 g/mol. The lowest BCUT2D eigenvalue weighted by molar-refractivity contribution is -0.124. The summed E-state index contributed by atoms with van der Waals surface area (Å²) < 4.78 is 5.91. The maximum Gasteiger partial charge on any atom is 0.257 e. The Morgan fingerprint density at radius 3 is 2.39 bits per heavy atom. The molecule has 0 aliphatic heterocycles. The highest BCUT2D eigenvalue weighted by molar-refractivity contribution is 14.1. The average molecular weight is 595 g/mol. The topological polar surface area (TPSA) is 109 Å². The molecule has 0 saturated heterocycles. The highest BCUT2D eigenvalue weighted by Crippen LogP contribution is 2.25. The van der Waals surface area contributed by atoms with Crippen molar-refractivity contribution in [1.82, 2.24) is 16.2 Å². The van der Waals surface area contributed by atoms with Gasteiger partial charge in [-0.05, 0) is 71.2 Å². The molecule has 0 unspecified atom stereocenters. The second-order valence-corrected chi connectivity index (χ2v) is 8.39. The number of anilines is 1. The van der Waals surface area contributed by atoms with Crippen molar-refractivity contribution in [1.29, 1.82) is 0 Å². The Balaban J connectivity index is 1.73. The van der Waals surface area contributed by atoms with Crippen LogP contribution in [0.2, 0.25) is 10.0 Å². The van der Waals surface area contributed by atoms with E-state index in [0.717, 1.165) is 3.57 Å². The molecule has 0 aromatic heterocycles. The van der Waals surface area contributed by atoms with Crippen molar-refractivity contribution in [2.75, 3.05) is 12.4 Å². The van der Waals surface area contributed by atoms with Crippen LogP contribution in [-0.4, -0.2) is 29.9 Å². The van der Waals surface area contributed by atoms with Gasteiger partial charge in [-0.1, -0.05) is 23.2 Å². The summed E-state index contributed by atoms with van der Waals surface area (Å²) in [5.41, 5.74) is 5.50. The number of carbonyl (C=O) groups is 3. The van der Waals surface area contributed by atoms with Gasteiger partial charge in [0.05, 0.1) is 21.4 Å². The first-order valence-corrected chi connectivity index (χ1v) is 10.9. The number of thiocarbonyl (C=S) groups is 1. The van der Waals surface area contributed by atoms with Crippen LogP contribution in [0.3, 0.4) is 0 Å². The van der Waals surface area contributed by atoms with E-state index in [0.29, 0.717) is 27.0 Å². The zero-order valence-electron chi connectivity index (χ0n) is 16.1. The van der Waals surface area contributed by atoms with Crippen molar-refractivity contribution in [2.45, 2.75) is 12.8 Å². The normalized spacial score (nSPS) is 10.1. The van der Waals surface area contributed by atoms with E-state index in [4.69, 9.17) is 40.2 Å². The van der Waals surface area contributed by atoms with Crippen LogP contribution in [-0.2, 0) is 9.59 Å². The standard InChI is InChI=1S/C19H17Cl2IN4O4S/c1-30-15-5-2-10(8-13(15)22)18(29)24-19(31)26-25-17(28)7-6-16(27)23-14-4-3-11(20)9-12(14)21/h2-5,8-9H,6-7H2,1H3,(H,23,27)(H,25,28)(H2,24,26,29,31). The molecule has 2 rings (SSSR count). The van der Waals surface area contributed by atoms with Crippen LogP contribution in [0.25, 0.3) is 0 Å². The third-order valence-corrected chi connectivity index (χ3v) is 5.34. The van der Waals surface area contributed by atoms with Gasteiger partial charge in [0.2, 0.25) is 11.8 Å². The van der Waals surface area contributed by atoms with E-state index in [9.17, 15) is 14.4 Å². The lowest BCUT2D eigenvalue weighted by Crippen LogP contribution is -2.48. The molecule has 2 aromatic carbocycles. The van der Waals surface area contributed by atoms with Crippen molar-refractivity contribution in [3.05, 3.63) is 55.6 Å². The zero-order chi connectivity index (χ0) is 23.0. The number of hydrogen-bond acceptors (Lipinski definition) is 5. The fourth-order valence-electron chi connectivity index (χ4n) is 2.23. The lowest BCUT2D eigenvalue weighted by atomic mass is 10.2. The Kier molecular flexibility index (Phi) is 9.75. The van der Waals surface area contributed by atoms with E-state index in [1.54, 1.807) is 30.3 Å². The molecular weight excluding hydrogens is 578 g/mol. The fourth-order valence-corrected chi connectivity index (χ4v) is 3.57. The van der Waals surface area contributed by atoms with Gasteiger partial charge in [0.15, 0.2) is 5.11 Å². The number of methoxy groups -OCH3 is 1. The summed E-state index contributed by atoms with van der Waals surface area (Å²) in [4.78, 5) is 36.1. The molecule has 0 fully saturated rings. The number of amides is 3. The van der Waals surface area contributed by atoms with E-state index in [2.05, 4.69) is 21.5 Å². The SMILES string of the molecule is COc1ccc(C(=O)NC(=S)NNC(=O)CCC(=O)Nc2ccc(Cl)cc2Cl)cc1I. The first kappa shape index (κ1) is 25.1. The smallest absolute Gasteiger partial charge is 0.257 e. The molecule has 0 aliphatic carbocycles. The van der Waals surface area contributed by atoms with Crippen LogP contribution in [0.4, 0.5) is 5.69 Å². The van der Waals surface area contributed by atoms with Crippen LogP contribution < -0.4 is 26.2 Å². The predicted octanol–water partition coefficient (Wildman–Crippen LogP) is 3.66. The number of hydrazine groups is 1.